The molecule has 4 heteroatoms. The molecule has 0 fully saturated rings. The maximum atomic E-state index is 12.0. The number of rotatable bonds is 5. The first-order chi connectivity index (χ1) is 9.24. The van der Waals surface area contributed by atoms with E-state index in [4.69, 9.17) is 0 Å². The van der Waals surface area contributed by atoms with Gasteiger partial charge in [-0.1, -0.05) is 13.8 Å². The van der Waals surface area contributed by atoms with Crippen molar-refractivity contribution in [2.75, 3.05) is 5.32 Å². The third-order valence-electron chi connectivity index (χ3n) is 3.19. The number of hydrogen-bond acceptors (Lipinski definition) is 3. The second-order valence-corrected chi connectivity index (χ2v) is 5.31. The third kappa shape index (κ3) is 3.41. The van der Waals surface area contributed by atoms with E-state index in [-0.39, 0.29) is 11.8 Å². The summed E-state index contributed by atoms with van der Waals surface area (Å²) < 4.78 is 0. The van der Waals surface area contributed by atoms with Crippen molar-refractivity contribution in [3.8, 4) is 10.6 Å². The molecule has 100 valence electrons. The highest BCUT2D eigenvalue weighted by Crippen LogP contribution is 2.23. The van der Waals surface area contributed by atoms with Gasteiger partial charge in [-0.25, -0.2) is 4.98 Å². The molecule has 0 aliphatic rings. The van der Waals surface area contributed by atoms with E-state index in [1.54, 1.807) is 17.5 Å². The topological polar surface area (TPSA) is 42.0 Å². The van der Waals surface area contributed by atoms with Gasteiger partial charge in [-0.3, -0.25) is 4.79 Å². The molecule has 19 heavy (non-hydrogen) atoms. The van der Waals surface area contributed by atoms with Crippen LogP contribution in [0.3, 0.4) is 0 Å². The van der Waals surface area contributed by atoms with E-state index in [1.165, 1.54) is 0 Å². The largest absolute Gasteiger partial charge is 0.326 e. The summed E-state index contributed by atoms with van der Waals surface area (Å²) in [5, 5.41) is 5.91. The lowest BCUT2D eigenvalue weighted by atomic mass is 10.0. The monoisotopic (exact) mass is 274 g/mol. The summed E-state index contributed by atoms with van der Waals surface area (Å²) in [4.78, 5) is 16.2. The van der Waals surface area contributed by atoms with Crippen LogP contribution in [-0.2, 0) is 4.79 Å². The molecule has 0 saturated heterocycles. The van der Waals surface area contributed by atoms with Crippen LogP contribution in [0.1, 0.15) is 26.7 Å². The Bertz CT molecular complexity index is 516. The molecule has 0 aliphatic carbocycles. The molecule has 2 aromatic rings. The van der Waals surface area contributed by atoms with Crippen LogP contribution < -0.4 is 5.32 Å². The lowest BCUT2D eigenvalue weighted by Crippen LogP contribution is -2.21. The molecule has 0 saturated carbocycles. The van der Waals surface area contributed by atoms with Gasteiger partial charge < -0.3 is 5.32 Å². The Kier molecular flexibility index (Phi) is 4.68. The van der Waals surface area contributed by atoms with Crippen LogP contribution in [0.2, 0.25) is 0 Å². The summed E-state index contributed by atoms with van der Waals surface area (Å²) in [5.74, 6) is 0.200. The average Bonchev–Trinajstić information content (AvgIpc) is 2.95. The van der Waals surface area contributed by atoms with Crippen molar-refractivity contribution in [1.82, 2.24) is 4.98 Å². The molecule has 1 amide bonds. The lowest BCUT2D eigenvalue weighted by Gasteiger charge is -2.12. The summed E-state index contributed by atoms with van der Waals surface area (Å²) in [6, 6.07) is 7.83. The number of nitrogens with zero attached hydrogens (tertiary/aromatic N) is 1. The van der Waals surface area contributed by atoms with E-state index < -0.39 is 0 Å². The van der Waals surface area contributed by atoms with E-state index in [1.807, 2.05) is 43.5 Å². The van der Waals surface area contributed by atoms with Gasteiger partial charge in [-0.2, -0.15) is 0 Å². The van der Waals surface area contributed by atoms with E-state index in [9.17, 15) is 4.79 Å². The molecule has 1 aromatic heterocycles. The van der Waals surface area contributed by atoms with Crippen molar-refractivity contribution < 1.29 is 4.79 Å². The van der Waals surface area contributed by atoms with Crippen molar-refractivity contribution in [2.45, 2.75) is 26.7 Å². The first-order valence-electron chi connectivity index (χ1n) is 6.55. The summed E-state index contributed by atoms with van der Waals surface area (Å²) in [6.07, 6.45) is 3.54. The highest BCUT2D eigenvalue weighted by molar-refractivity contribution is 7.13. The molecule has 0 spiro atoms. The van der Waals surface area contributed by atoms with Gasteiger partial charge in [0.05, 0.1) is 0 Å². The van der Waals surface area contributed by atoms with Crippen molar-refractivity contribution in [2.24, 2.45) is 5.92 Å². The van der Waals surface area contributed by atoms with E-state index in [2.05, 4.69) is 10.3 Å². The molecule has 0 bridgehead atoms. The number of thiazole rings is 1. The number of nitrogens with one attached hydrogen (secondary N) is 1. The number of anilines is 1. The standard InChI is InChI=1S/C15H18N2OS/c1-3-11(4-2)14(18)17-13-7-5-12(6-8-13)15-16-9-10-19-15/h5-11H,3-4H2,1-2H3,(H,17,18). The van der Waals surface area contributed by atoms with Crippen molar-refractivity contribution >= 4 is 22.9 Å². The molecule has 0 aliphatic heterocycles. The Morgan fingerprint density at radius 1 is 1.26 bits per heavy atom. The van der Waals surface area contributed by atoms with Gasteiger partial charge in [0, 0.05) is 28.7 Å². The predicted molar refractivity (Wildman–Crippen MR) is 80.3 cm³/mol. The number of hydrogen-bond donors (Lipinski definition) is 1. The molecule has 0 unspecified atom stereocenters. The van der Waals surface area contributed by atoms with Crippen molar-refractivity contribution in [3.63, 3.8) is 0 Å². The number of carbonyl (C=O) groups is 1. The molecular weight excluding hydrogens is 256 g/mol. The second-order valence-electron chi connectivity index (χ2n) is 4.42. The second kappa shape index (κ2) is 6.48. The predicted octanol–water partition coefficient (Wildman–Crippen LogP) is 4.18. The molecule has 3 nitrogen and oxygen atoms in total. The zero-order valence-corrected chi connectivity index (χ0v) is 12.0. The first-order valence-corrected chi connectivity index (χ1v) is 7.43. The zero-order valence-electron chi connectivity index (χ0n) is 11.2. The normalized spacial score (nSPS) is 10.7. The first kappa shape index (κ1) is 13.7. The molecule has 1 aromatic carbocycles. The van der Waals surface area contributed by atoms with E-state index in [0.29, 0.717) is 0 Å². The summed E-state index contributed by atoms with van der Waals surface area (Å²) >= 11 is 1.61. The third-order valence-corrected chi connectivity index (χ3v) is 4.01. The van der Waals surface area contributed by atoms with Gasteiger partial charge in [-0.05, 0) is 37.1 Å². The van der Waals surface area contributed by atoms with Crippen LogP contribution >= 0.6 is 11.3 Å². The van der Waals surface area contributed by atoms with Gasteiger partial charge in [0.2, 0.25) is 5.91 Å². The van der Waals surface area contributed by atoms with Gasteiger partial charge >= 0.3 is 0 Å². The maximum Gasteiger partial charge on any atom is 0.227 e. The average molecular weight is 274 g/mol. The highest BCUT2D eigenvalue weighted by atomic mass is 32.1. The smallest absolute Gasteiger partial charge is 0.227 e. The fourth-order valence-electron chi connectivity index (χ4n) is 1.97. The number of amides is 1. The minimum absolute atomic E-state index is 0.0960. The number of carbonyl (C=O) groups excluding carboxylic acids is 1. The number of benzene rings is 1. The molecule has 1 heterocycles. The van der Waals surface area contributed by atoms with Crippen LogP contribution in [0.5, 0.6) is 0 Å². The maximum absolute atomic E-state index is 12.0. The minimum atomic E-state index is 0.0960. The van der Waals surface area contributed by atoms with Crippen LogP contribution in [0.25, 0.3) is 10.6 Å². The molecule has 0 radical (unpaired) electrons. The van der Waals surface area contributed by atoms with Crippen LogP contribution in [0.4, 0.5) is 5.69 Å². The van der Waals surface area contributed by atoms with Crippen molar-refractivity contribution in [1.29, 1.82) is 0 Å². The Morgan fingerprint density at radius 3 is 2.47 bits per heavy atom. The number of aromatic nitrogens is 1. The fraction of sp³-hybridized carbons (Fsp3) is 0.333. The van der Waals surface area contributed by atoms with Crippen LogP contribution in [-0.4, -0.2) is 10.9 Å². The SMILES string of the molecule is CCC(CC)C(=O)Nc1ccc(-c2nccs2)cc1. The quantitative estimate of drug-likeness (QED) is 0.888. The molecule has 1 N–H and O–H groups in total. The summed E-state index contributed by atoms with van der Waals surface area (Å²) in [5.41, 5.74) is 1.92. The molecule has 0 atom stereocenters. The summed E-state index contributed by atoms with van der Waals surface area (Å²) in [7, 11) is 0. The van der Waals surface area contributed by atoms with E-state index >= 15 is 0 Å². The van der Waals surface area contributed by atoms with E-state index in [0.717, 1.165) is 29.1 Å². The van der Waals surface area contributed by atoms with Crippen molar-refractivity contribution in [3.05, 3.63) is 35.8 Å². The lowest BCUT2D eigenvalue weighted by molar-refractivity contribution is -0.120. The summed E-state index contributed by atoms with van der Waals surface area (Å²) in [6.45, 7) is 4.08. The fourth-order valence-corrected chi connectivity index (χ4v) is 2.61. The van der Waals surface area contributed by atoms with Gasteiger partial charge in [0.1, 0.15) is 5.01 Å². The Morgan fingerprint density at radius 2 is 1.95 bits per heavy atom. The van der Waals surface area contributed by atoms with Crippen LogP contribution in [0, 0.1) is 5.92 Å². The Balaban J connectivity index is 2.05. The van der Waals surface area contributed by atoms with Gasteiger partial charge in [-0.15, -0.1) is 11.3 Å². The Hall–Kier alpha value is -1.68. The Labute approximate surface area is 117 Å². The molecule has 2 rings (SSSR count). The molecular formula is C15H18N2OS. The van der Waals surface area contributed by atoms with Gasteiger partial charge in [0.15, 0.2) is 0 Å². The van der Waals surface area contributed by atoms with Crippen LogP contribution in [0.15, 0.2) is 35.8 Å². The van der Waals surface area contributed by atoms with Gasteiger partial charge in [0.25, 0.3) is 0 Å². The minimum Gasteiger partial charge on any atom is -0.326 e. The highest BCUT2D eigenvalue weighted by Gasteiger charge is 2.13. The zero-order chi connectivity index (χ0) is 13.7.